The minimum absolute atomic E-state index is 0.252. The second-order valence-corrected chi connectivity index (χ2v) is 8.85. The van der Waals surface area contributed by atoms with Crippen LogP contribution in [0.15, 0.2) is 30.3 Å². The number of hydrogen-bond donors (Lipinski definition) is 0. The van der Waals surface area contributed by atoms with Crippen molar-refractivity contribution >= 4 is 9.84 Å². The highest BCUT2D eigenvalue weighted by Gasteiger charge is 2.27. The standard InChI is InChI=1S/C17H28N2O2S/c1-15-13-17(18(2)11-12-22(3,20)21)9-10-19(15)14-16-7-5-4-6-8-16/h4-8,15,17H,9-14H2,1-3H3/t15-,17-/m1/s1. The summed E-state index contributed by atoms with van der Waals surface area (Å²) < 4.78 is 22.6. The van der Waals surface area contributed by atoms with E-state index in [-0.39, 0.29) is 5.75 Å². The molecule has 1 aromatic rings. The van der Waals surface area contributed by atoms with Crippen molar-refractivity contribution in [2.24, 2.45) is 0 Å². The summed E-state index contributed by atoms with van der Waals surface area (Å²) in [5, 5.41) is 0. The minimum Gasteiger partial charge on any atom is -0.302 e. The highest BCUT2D eigenvalue weighted by atomic mass is 32.2. The second-order valence-electron chi connectivity index (χ2n) is 6.59. The molecule has 0 N–H and O–H groups in total. The average Bonchev–Trinajstić information content (AvgIpc) is 2.47. The van der Waals surface area contributed by atoms with Gasteiger partial charge in [-0.15, -0.1) is 0 Å². The Morgan fingerprint density at radius 1 is 1.27 bits per heavy atom. The van der Waals surface area contributed by atoms with E-state index in [1.54, 1.807) is 0 Å². The van der Waals surface area contributed by atoms with E-state index in [9.17, 15) is 8.42 Å². The first kappa shape index (κ1) is 17.4. The first-order valence-electron chi connectivity index (χ1n) is 8.01. The molecule has 0 spiro atoms. The van der Waals surface area contributed by atoms with Gasteiger partial charge in [-0.2, -0.15) is 0 Å². The van der Waals surface area contributed by atoms with Gasteiger partial charge in [0.15, 0.2) is 0 Å². The molecule has 2 atom stereocenters. The van der Waals surface area contributed by atoms with Crippen LogP contribution >= 0.6 is 0 Å². The van der Waals surface area contributed by atoms with E-state index in [0.717, 1.165) is 25.9 Å². The molecule has 0 radical (unpaired) electrons. The van der Waals surface area contributed by atoms with Gasteiger partial charge in [0.05, 0.1) is 5.75 Å². The monoisotopic (exact) mass is 324 g/mol. The Morgan fingerprint density at radius 3 is 2.55 bits per heavy atom. The SMILES string of the molecule is C[C@@H]1C[C@H](N(C)CCS(C)(=O)=O)CCN1Cc1ccccc1. The van der Waals surface area contributed by atoms with Crippen molar-refractivity contribution in [3.63, 3.8) is 0 Å². The van der Waals surface area contributed by atoms with Crippen molar-refractivity contribution in [2.75, 3.05) is 32.1 Å². The van der Waals surface area contributed by atoms with Crippen LogP contribution in [-0.4, -0.2) is 62.4 Å². The van der Waals surface area contributed by atoms with E-state index in [1.165, 1.54) is 11.8 Å². The fourth-order valence-electron chi connectivity index (χ4n) is 3.14. The number of hydrogen-bond acceptors (Lipinski definition) is 4. The lowest BCUT2D eigenvalue weighted by Crippen LogP contribution is -2.48. The highest BCUT2D eigenvalue weighted by Crippen LogP contribution is 2.22. The Kier molecular flexibility index (Phi) is 6.01. The Balaban J connectivity index is 1.84. The van der Waals surface area contributed by atoms with Gasteiger partial charge in [-0.3, -0.25) is 4.90 Å². The zero-order chi connectivity index (χ0) is 16.2. The molecule has 0 saturated carbocycles. The van der Waals surface area contributed by atoms with E-state index < -0.39 is 9.84 Å². The molecule has 124 valence electrons. The topological polar surface area (TPSA) is 40.6 Å². The lowest BCUT2D eigenvalue weighted by Gasteiger charge is -2.41. The fourth-order valence-corrected chi connectivity index (χ4v) is 3.76. The molecule has 0 aromatic heterocycles. The second kappa shape index (κ2) is 7.57. The number of sulfone groups is 1. The van der Waals surface area contributed by atoms with Crippen LogP contribution in [0.25, 0.3) is 0 Å². The van der Waals surface area contributed by atoms with E-state index in [1.807, 2.05) is 0 Å². The predicted molar refractivity (Wildman–Crippen MR) is 91.7 cm³/mol. The summed E-state index contributed by atoms with van der Waals surface area (Å²) in [4.78, 5) is 4.74. The molecular weight excluding hydrogens is 296 g/mol. The molecule has 0 aliphatic carbocycles. The van der Waals surface area contributed by atoms with Gasteiger partial charge in [0.1, 0.15) is 9.84 Å². The van der Waals surface area contributed by atoms with E-state index in [0.29, 0.717) is 18.6 Å². The van der Waals surface area contributed by atoms with Crippen LogP contribution in [-0.2, 0) is 16.4 Å². The van der Waals surface area contributed by atoms with Crippen molar-refractivity contribution in [1.29, 1.82) is 0 Å². The van der Waals surface area contributed by atoms with E-state index in [4.69, 9.17) is 0 Å². The Bertz CT molecular complexity index is 559. The third kappa shape index (κ3) is 5.38. The maximum Gasteiger partial charge on any atom is 0.148 e. The van der Waals surface area contributed by atoms with Crippen LogP contribution in [0, 0.1) is 0 Å². The van der Waals surface area contributed by atoms with Crippen LogP contribution in [0.5, 0.6) is 0 Å². The fraction of sp³-hybridized carbons (Fsp3) is 0.647. The van der Waals surface area contributed by atoms with Crippen molar-refractivity contribution < 1.29 is 8.42 Å². The highest BCUT2D eigenvalue weighted by molar-refractivity contribution is 7.90. The van der Waals surface area contributed by atoms with Gasteiger partial charge < -0.3 is 4.90 Å². The van der Waals surface area contributed by atoms with Crippen molar-refractivity contribution in [3.05, 3.63) is 35.9 Å². The summed E-state index contributed by atoms with van der Waals surface area (Å²) in [5.74, 6) is 0.252. The molecule has 0 unspecified atom stereocenters. The van der Waals surface area contributed by atoms with Gasteiger partial charge in [0.25, 0.3) is 0 Å². The molecular formula is C17H28N2O2S. The molecule has 4 nitrogen and oxygen atoms in total. The van der Waals surface area contributed by atoms with Crippen LogP contribution in [0.2, 0.25) is 0 Å². The smallest absolute Gasteiger partial charge is 0.148 e. The first-order valence-corrected chi connectivity index (χ1v) is 10.1. The third-order valence-electron chi connectivity index (χ3n) is 4.65. The molecule has 1 aliphatic heterocycles. The van der Waals surface area contributed by atoms with Crippen LogP contribution in [0.4, 0.5) is 0 Å². The average molecular weight is 324 g/mol. The van der Waals surface area contributed by atoms with Crippen LogP contribution in [0.3, 0.4) is 0 Å². The molecule has 0 bridgehead atoms. The lowest BCUT2D eigenvalue weighted by molar-refractivity contribution is 0.0832. The molecule has 1 aromatic carbocycles. The molecule has 5 heteroatoms. The molecule has 1 fully saturated rings. The summed E-state index contributed by atoms with van der Waals surface area (Å²) in [7, 11) is -0.824. The number of benzene rings is 1. The summed E-state index contributed by atoms with van der Waals surface area (Å²) in [6, 6.07) is 11.6. The Morgan fingerprint density at radius 2 is 1.95 bits per heavy atom. The zero-order valence-electron chi connectivity index (χ0n) is 13.9. The maximum absolute atomic E-state index is 11.3. The van der Waals surface area contributed by atoms with Gasteiger partial charge in [-0.25, -0.2) is 8.42 Å². The van der Waals surface area contributed by atoms with Gasteiger partial charge in [-0.1, -0.05) is 30.3 Å². The number of rotatable bonds is 6. The minimum atomic E-state index is -2.87. The molecule has 2 rings (SSSR count). The van der Waals surface area contributed by atoms with Gasteiger partial charge in [0, 0.05) is 38.0 Å². The van der Waals surface area contributed by atoms with Gasteiger partial charge >= 0.3 is 0 Å². The van der Waals surface area contributed by atoms with E-state index >= 15 is 0 Å². The third-order valence-corrected chi connectivity index (χ3v) is 5.58. The molecule has 1 heterocycles. The molecule has 1 saturated heterocycles. The van der Waals surface area contributed by atoms with Gasteiger partial charge in [0.2, 0.25) is 0 Å². The molecule has 1 aliphatic rings. The normalized spacial score (nSPS) is 23.8. The largest absolute Gasteiger partial charge is 0.302 e. The number of likely N-dealkylation sites (tertiary alicyclic amines) is 1. The van der Waals surface area contributed by atoms with Crippen molar-refractivity contribution in [3.8, 4) is 0 Å². The Labute approximate surface area is 135 Å². The maximum atomic E-state index is 11.3. The zero-order valence-corrected chi connectivity index (χ0v) is 14.7. The van der Waals surface area contributed by atoms with Crippen molar-refractivity contribution in [2.45, 2.75) is 38.4 Å². The lowest BCUT2D eigenvalue weighted by atomic mass is 9.96. The summed E-state index contributed by atoms with van der Waals surface area (Å²) >= 11 is 0. The number of piperidine rings is 1. The van der Waals surface area contributed by atoms with Crippen LogP contribution < -0.4 is 0 Å². The first-order chi connectivity index (χ1) is 10.3. The Hall–Kier alpha value is -0.910. The van der Waals surface area contributed by atoms with Gasteiger partial charge in [-0.05, 0) is 32.4 Å². The summed E-state index contributed by atoms with van der Waals surface area (Å²) in [6.07, 6.45) is 3.52. The predicted octanol–water partition coefficient (Wildman–Crippen LogP) is 2.02. The van der Waals surface area contributed by atoms with Crippen molar-refractivity contribution in [1.82, 2.24) is 9.80 Å². The molecule has 22 heavy (non-hydrogen) atoms. The number of nitrogens with zero attached hydrogens (tertiary/aromatic N) is 2. The van der Waals surface area contributed by atoms with Crippen LogP contribution in [0.1, 0.15) is 25.3 Å². The molecule has 0 amide bonds. The summed E-state index contributed by atoms with van der Waals surface area (Å²) in [6.45, 7) is 4.99. The van der Waals surface area contributed by atoms with E-state index in [2.05, 4.69) is 54.1 Å². The quantitative estimate of drug-likeness (QED) is 0.803. The summed E-state index contributed by atoms with van der Waals surface area (Å²) in [5.41, 5.74) is 1.36.